The summed E-state index contributed by atoms with van der Waals surface area (Å²) in [6.07, 6.45) is 1.77. The Morgan fingerprint density at radius 1 is 0.905 bits per heavy atom. The molecule has 0 bridgehead atoms. The van der Waals surface area contributed by atoms with E-state index < -0.39 is 10.0 Å². The summed E-state index contributed by atoms with van der Waals surface area (Å²) in [6, 6.07) is 18.6. The molecule has 1 aliphatic rings. The lowest BCUT2D eigenvalue weighted by molar-refractivity contribution is 0.340. The highest BCUT2D eigenvalue weighted by Gasteiger charge is 2.40. The first-order valence-corrected chi connectivity index (χ1v) is 8.68. The van der Waals surface area contributed by atoms with E-state index in [9.17, 15) is 8.42 Å². The Balaban J connectivity index is 2.02. The summed E-state index contributed by atoms with van der Waals surface area (Å²) in [7, 11) is -3.45. The Morgan fingerprint density at radius 2 is 1.48 bits per heavy atom. The van der Waals surface area contributed by atoms with Crippen LogP contribution >= 0.6 is 0 Å². The summed E-state index contributed by atoms with van der Waals surface area (Å²) in [4.78, 5) is 0.375. The standard InChI is InChI=1S/C17H19NO2S/c1-14-12-13-17(15-8-4-2-5-9-15)18(14)21(19,20)16-10-6-3-7-11-16/h2-11,14,17H,12-13H2,1H3. The SMILES string of the molecule is CC1CCC(c2ccccc2)N1S(=O)(=O)c1ccccc1. The number of hydrogen-bond acceptors (Lipinski definition) is 2. The molecule has 2 aromatic rings. The van der Waals surface area contributed by atoms with Crippen LogP contribution in [0.5, 0.6) is 0 Å². The Hall–Kier alpha value is -1.65. The molecule has 3 rings (SSSR count). The molecule has 1 aliphatic heterocycles. The first-order chi connectivity index (χ1) is 10.1. The van der Waals surface area contributed by atoms with Gasteiger partial charge in [-0.25, -0.2) is 8.42 Å². The zero-order valence-electron chi connectivity index (χ0n) is 12.0. The van der Waals surface area contributed by atoms with Crippen molar-refractivity contribution in [2.45, 2.75) is 36.7 Å². The van der Waals surface area contributed by atoms with Crippen molar-refractivity contribution < 1.29 is 8.42 Å². The lowest BCUT2D eigenvalue weighted by atomic mass is 10.1. The summed E-state index contributed by atoms with van der Waals surface area (Å²) >= 11 is 0. The fourth-order valence-electron chi connectivity index (χ4n) is 3.07. The molecule has 2 aromatic carbocycles. The lowest BCUT2D eigenvalue weighted by Gasteiger charge is -2.28. The van der Waals surface area contributed by atoms with Gasteiger partial charge in [0.05, 0.1) is 10.9 Å². The van der Waals surface area contributed by atoms with Gasteiger partial charge in [-0.15, -0.1) is 0 Å². The zero-order valence-corrected chi connectivity index (χ0v) is 12.8. The largest absolute Gasteiger partial charge is 0.243 e. The molecule has 0 aliphatic carbocycles. The fraction of sp³-hybridized carbons (Fsp3) is 0.294. The molecule has 1 saturated heterocycles. The molecule has 1 heterocycles. The van der Waals surface area contributed by atoms with Crippen molar-refractivity contribution in [1.29, 1.82) is 0 Å². The van der Waals surface area contributed by atoms with Crippen molar-refractivity contribution in [2.75, 3.05) is 0 Å². The number of nitrogens with zero attached hydrogens (tertiary/aromatic N) is 1. The molecular formula is C17H19NO2S. The van der Waals surface area contributed by atoms with Gasteiger partial charge in [0.25, 0.3) is 0 Å². The molecule has 4 heteroatoms. The van der Waals surface area contributed by atoms with Crippen LogP contribution in [-0.4, -0.2) is 18.8 Å². The summed E-state index contributed by atoms with van der Waals surface area (Å²) in [5, 5.41) is 0. The second-order valence-corrected chi connectivity index (χ2v) is 7.34. The number of sulfonamides is 1. The van der Waals surface area contributed by atoms with Crippen molar-refractivity contribution in [3.63, 3.8) is 0 Å². The minimum Gasteiger partial charge on any atom is -0.207 e. The highest BCUT2D eigenvalue weighted by molar-refractivity contribution is 7.89. The van der Waals surface area contributed by atoms with Crippen molar-refractivity contribution in [3.05, 3.63) is 66.2 Å². The number of rotatable bonds is 3. The maximum Gasteiger partial charge on any atom is 0.243 e. The average molecular weight is 301 g/mol. The predicted octanol–water partition coefficient (Wildman–Crippen LogP) is 3.60. The van der Waals surface area contributed by atoms with Crippen molar-refractivity contribution in [1.82, 2.24) is 4.31 Å². The van der Waals surface area contributed by atoms with Crippen LogP contribution < -0.4 is 0 Å². The monoisotopic (exact) mass is 301 g/mol. The maximum atomic E-state index is 13.0. The molecule has 110 valence electrons. The van der Waals surface area contributed by atoms with E-state index in [2.05, 4.69) is 0 Å². The molecule has 0 N–H and O–H groups in total. The summed E-state index contributed by atoms with van der Waals surface area (Å²) < 4.78 is 27.6. The van der Waals surface area contributed by atoms with Gasteiger partial charge in [-0.1, -0.05) is 48.5 Å². The van der Waals surface area contributed by atoms with Crippen LogP contribution in [0.25, 0.3) is 0 Å². The zero-order chi connectivity index (χ0) is 14.9. The second kappa shape index (κ2) is 5.62. The van der Waals surface area contributed by atoms with Crippen LogP contribution in [0.15, 0.2) is 65.6 Å². The molecule has 0 amide bonds. The molecule has 0 radical (unpaired) electrons. The summed E-state index contributed by atoms with van der Waals surface area (Å²) in [5.74, 6) is 0. The van der Waals surface area contributed by atoms with E-state index in [0.29, 0.717) is 4.90 Å². The lowest BCUT2D eigenvalue weighted by Crippen LogP contribution is -2.35. The third-order valence-corrected chi connectivity index (χ3v) is 6.14. The molecule has 1 fully saturated rings. The van der Waals surface area contributed by atoms with Crippen molar-refractivity contribution >= 4 is 10.0 Å². The Kier molecular flexibility index (Phi) is 3.83. The molecule has 3 nitrogen and oxygen atoms in total. The number of benzene rings is 2. The minimum absolute atomic E-state index is 0.0282. The van der Waals surface area contributed by atoms with E-state index >= 15 is 0 Å². The first kappa shape index (κ1) is 14.3. The number of hydrogen-bond donors (Lipinski definition) is 0. The van der Waals surface area contributed by atoms with Gasteiger partial charge in [-0.2, -0.15) is 4.31 Å². The Bertz CT molecular complexity index is 698. The van der Waals surface area contributed by atoms with Gasteiger partial charge in [-0.05, 0) is 37.5 Å². The molecular weight excluding hydrogens is 282 g/mol. The van der Waals surface area contributed by atoms with Gasteiger partial charge < -0.3 is 0 Å². The normalized spacial score (nSPS) is 23.3. The molecule has 0 saturated carbocycles. The molecule has 2 unspecified atom stereocenters. The highest BCUT2D eigenvalue weighted by atomic mass is 32.2. The topological polar surface area (TPSA) is 37.4 Å². The van der Waals surface area contributed by atoms with Crippen LogP contribution in [0.3, 0.4) is 0 Å². The van der Waals surface area contributed by atoms with Gasteiger partial charge in [0.1, 0.15) is 0 Å². The maximum absolute atomic E-state index is 13.0. The second-order valence-electron chi connectivity index (χ2n) is 5.50. The van der Waals surface area contributed by atoms with Crippen LogP contribution in [0.4, 0.5) is 0 Å². The van der Waals surface area contributed by atoms with E-state index in [1.807, 2.05) is 43.3 Å². The van der Waals surface area contributed by atoms with Gasteiger partial charge in [0, 0.05) is 6.04 Å². The minimum atomic E-state index is -3.45. The van der Waals surface area contributed by atoms with E-state index in [4.69, 9.17) is 0 Å². The summed E-state index contributed by atoms with van der Waals surface area (Å²) in [6.45, 7) is 1.99. The first-order valence-electron chi connectivity index (χ1n) is 7.24. The quantitative estimate of drug-likeness (QED) is 0.868. The van der Waals surface area contributed by atoms with Gasteiger partial charge >= 0.3 is 0 Å². The van der Waals surface area contributed by atoms with E-state index in [0.717, 1.165) is 18.4 Å². The highest BCUT2D eigenvalue weighted by Crippen LogP contribution is 2.40. The smallest absolute Gasteiger partial charge is 0.207 e. The van der Waals surface area contributed by atoms with Crippen LogP contribution in [0.2, 0.25) is 0 Å². The molecule has 0 aromatic heterocycles. The van der Waals surface area contributed by atoms with E-state index in [-0.39, 0.29) is 12.1 Å². The summed E-state index contributed by atoms with van der Waals surface area (Å²) in [5.41, 5.74) is 1.07. The molecule has 0 spiro atoms. The molecule has 2 atom stereocenters. The molecule has 21 heavy (non-hydrogen) atoms. The average Bonchev–Trinajstić information content (AvgIpc) is 2.91. The van der Waals surface area contributed by atoms with E-state index in [1.54, 1.807) is 28.6 Å². The van der Waals surface area contributed by atoms with Crippen LogP contribution in [0, 0.1) is 0 Å². The van der Waals surface area contributed by atoms with Crippen molar-refractivity contribution in [3.8, 4) is 0 Å². The van der Waals surface area contributed by atoms with Gasteiger partial charge in [-0.3, -0.25) is 0 Å². The Morgan fingerprint density at radius 3 is 2.10 bits per heavy atom. The third-order valence-electron chi connectivity index (χ3n) is 4.10. The van der Waals surface area contributed by atoms with Gasteiger partial charge in [0.15, 0.2) is 0 Å². The van der Waals surface area contributed by atoms with E-state index in [1.165, 1.54) is 0 Å². The van der Waals surface area contributed by atoms with Crippen LogP contribution in [0.1, 0.15) is 31.4 Å². The third kappa shape index (κ3) is 2.61. The van der Waals surface area contributed by atoms with Crippen LogP contribution in [-0.2, 0) is 10.0 Å². The van der Waals surface area contributed by atoms with Gasteiger partial charge in [0.2, 0.25) is 10.0 Å². The fourth-order valence-corrected chi connectivity index (χ4v) is 4.95. The predicted molar refractivity (Wildman–Crippen MR) is 83.3 cm³/mol. The van der Waals surface area contributed by atoms with Crippen molar-refractivity contribution in [2.24, 2.45) is 0 Å². The Labute approximate surface area is 126 Å².